The molecule has 2 aliphatic rings. The Kier molecular flexibility index (Phi) is 7.11. The van der Waals surface area contributed by atoms with Crippen LogP contribution in [0.2, 0.25) is 0 Å². The quantitative estimate of drug-likeness (QED) is 0.775. The maximum absolute atomic E-state index is 12.6. The van der Waals surface area contributed by atoms with E-state index in [-0.39, 0.29) is 23.8 Å². The van der Waals surface area contributed by atoms with Gasteiger partial charge in [0.25, 0.3) is 0 Å². The largest absolute Gasteiger partial charge is 0.339 e. The van der Waals surface area contributed by atoms with Crippen LogP contribution in [0.5, 0.6) is 0 Å². The zero-order valence-electron chi connectivity index (χ0n) is 17.6. The molecule has 2 aliphatic heterocycles. The second-order valence-electron chi connectivity index (χ2n) is 8.59. The van der Waals surface area contributed by atoms with E-state index in [4.69, 9.17) is 0 Å². The van der Waals surface area contributed by atoms with Gasteiger partial charge in [-0.25, -0.2) is 0 Å². The molecule has 0 saturated carbocycles. The minimum absolute atomic E-state index is 0.0422. The fourth-order valence-corrected chi connectivity index (χ4v) is 4.62. The number of nitrogens with zero attached hydrogens (tertiary/aromatic N) is 2. The van der Waals surface area contributed by atoms with Crippen LogP contribution in [-0.4, -0.2) is 47.3 Å². The summed E-state index contributed by atoms with van der Waals surface area (Å²) in [5, 5.41) is 3.01. The first-order valence-corrected chi connectivity index (χ1v) is 10.9. The van der Waals surface area contributed by atoms with E-state index in [1.165, 1.54) is 31.5 Å². The Bertz CT molecular complexity index is 669. The lowest BCUT2D eigenvalue weighted by Gasteiger charge is -2.30. The van der Waals surface area contributed by atoms with Crippen molar-refractivity contribution in [2.24, 2.45) is 11.8 Å². The number of nitrogens with one attached hydrogen (secondary N) is 1. The molecule has 0 bridgehead atoms. The van der Waals surface area contributed by atoms with Crippen LogP contribution in [-0.2, 0) is 16.1 Å². The number of amides is 2. The van der Waals surface area contributed by atoms with Crippen LogP contribution in [0.1, 0.15) is 58.4 Å². The van der Waals surface area contributed by atoms with E-state index >= 15 is 0 Å². The van der Waals surface area contributed by atoms with E-state index in [2.05, 4.69) is 43.1 Å². The summed E-state index contributed by atoms with van der Waals surface area (Å²) in [7, 11) is 0. The third kappa shape index (κ3) is 5.13. The van der Waals surface area contributed by atoms with Gasteiger partial charge in [0.05, 0.1) is 5.92 Å². The van der Waals surface area contributed by atoms with Crippen LogP contribution < -0.4 is 5.32 Å². The van der Waals surface area contributed by atoms with Crippen LogP contribution in [0.25, 0.3) is 0 Å². The van der Waals surface area contributed by atoms with Crippen molar-refractivity contribution >= 4 is 17.5 Å². The molecule has 2 fully saturated rings. The smallest absolute Gasteiger partial charge is 0.229 e. The second-order valence-corrected chi connectivity index (χ2v) is 8.59. The van der Waals surface area contributed by atoms with Crippen molar-refractivity contribution in [2.45, 2.75) is 65.5 Å². The number of piperidine rings is 1. The van der Waals surface area contributed by atoms with Gasteiger partial charge in [0, 0.05) is 37.8 Å². The van der Waals surface area contributed by atoms with Crippen LogP contribution in [0.3, 0.4) is 0 Å². The lowest BCUT2D eigenvalue weighted by molar-refractivity contribution is -0.130. The van der Waals surface area contributed by atoms with E-state index < -0.39 is 0 Å². The summed E-state index contributed by atoms with van der Waals surface area (Å²) >= 11 is 0. The van der Waals surface area contributed by atoms with E-state index in [1.54, 1.807) is 0 Å². The minimum Gasteiger partial charge on any atom is -0.339 e. The number of anilines is 1. The van der Waals surface area contributed by atoms with Crippen molar-refractivity contribution in [1.82, 2.24) is 9.80 Å². The number of rotatable bonds is 7. The van der Waals surface area contributed by atoms with E-state index in [0.29, 0.717) is 13.0 Å². The molecule has 2 amide bonds. The SMILES string of the molecule is CCC(CC)N1CC(C(=O)Nc2ccc(CN3CCCC(C)C3)cc2)CC1=O. The van der Waals surface area contributed by atoms with Crippen molar-refractivity contribution in [3.05, 3.63) is 29.8 Å². The number of likely N-dealkylation sites (tertiary alicyclic amines) is 2. The van der Waals surface area contributed by atoms with Gasteiger partial charge in [0.15, 0.2) is 0 Å². The third-order valence-corrected chi connectivity index (χ3v) is 6.28. The predicted molar refractivity (Wildman–Crippen MR) is 113 cm³/mol. The summed E-state index contributed by atoms with van der Waals surface area (Å²) in [5.41, 5.74) is 2.09. The lowest BCUT2D eigenvalue weighted by atomic mass is 10.00. The molecule has 1 aromatic carbocycles. The monoisotopic (exact) mass is 385 g/mol. The van der Waals surface area contributed by atoms with Crippen LogP contribution in [0, 0.1) is 11.8 Å². The molecule has 2 unspecified atom stereocenters. The first-order valence-electron chi connectivity index (χ1n) is 10.9. The van der Waals surface area contributed by atoms with Gasteiger partial charge in [0.2, 0.25) is 11.8 Å². The summed E-state index contributed by atoms with van der Waals surface area (Å²) in [6.45, 7) is 10.4. The Balaban J connectivity index is 1.52. The molecule has 5 heteroatoms. The highest BCUT2D eigenvalue weighted by atomic mass is 16.2. The fourth-order valence-electron chi connectivity index (χ4n) is 4.62. The van der Waals surface area contributed by atoms with Crippen LogP contribution >= 0.6 is 0 Å². The van der Waals surface area contributed by atoms with Gasteiger partial charge in [-0.05, 0) is 55.8 Å². The van der Waals surface area contributed by atoms with Gasteiger partial charge in [-0.2, -0.15) is 0 Å². The van der Waals surface area contributed by atoms with Crippen molar-refractivity contribution in [2.75, 3.05) is 25.0 Å². The minimum atomic E-state index is -0.248. The Morgan fingerprint density at radius 2 is 1.89 bits per heavy atom. The van der Waals surface area contributed by atoms with Gasteiger partial charge in [-0.1, -0.05) is 32.9 Å². The lowest BCUT2D eigenvalue weighted by Crippen LogP contribution is -2.36. The Hall–Kier alpha value is -1.88. The summed E-state index contributed by atoms with van der Waals surface area (Å²) in [4.78, 5) is 29.4. The maximum Gasteiger partial charge on any atom is 0.229 e. The summed E-state index contributed by atoms with van der Waals surface area (Å²) in [5.74, 6) is 0.600. The van der Waals surface area contributed by atoms with E-state index in [1.807, 2.05) is 17.0 Å². The molecule has 2 heterocycles. The molecular formula is C23H35N3O2. The van der Waals surface area contributed by atoms with Crippen molar-refractivity contribution < 1.29 is 9.59 Å². The summed E-state index contributed by atoms with van der Waals surface area (Å²) in [6.07, 6.45) is 4.82. The molecule has 0 spiro atoms. The molecule has 154 valence electrons. The molecule has 2 atom stereocenters. The highest BCUT2D eigenvalue weighted by molar-refractivity contribution is 5.97. The maximum atomic E-state index is 12.6. The standard InChI is InChI=1S/C23H35N3O2/c1-4-21(5-2)26-16-19(13-22(26)27)23(28)24-20-10-8-18(9-11-20)15-25-12-6-7-17(3)14-25/h8-11,17,19,21H,4-7,12-16H2,1-3H3,(H,24,28). The number of carbonyl (C=O) groups excluding carboxylic acids is 2. The second kappa shape index (κ2) is 9.55. The number of carbonyl (C=O) groups is 2. The number of benzene rings is 1. The van der Waals surface area contributed by atoms with Gasteiger partial charge in [-0.3, -0.25) is 14.5 Å². The van der Waals surface area contributed by atoms with E-state index in [9.17, 15) is 9.59 Å². The molecule has 0 aromatic heterocycles. The molecule has 1 N–H and O–H groups in total. The first kappa shape index (κ1) is 20.8. The highest BCUT2D eigenvalue weighted by Crippen LogP contribution is 2.25. The summed E-state index contributed by atoms with van der Waals surface area (Å²) < 4.78 is 0. The molecule has 0 radical (unpaired) electrons. The average molecular weight is 386 g/mol. The molecule has 28 heavy (non-hydrogen) atoms. The molecule has 2 saturated heterocycles. The van der Waals surface area contributed by atoms with Crippen LogP contribution in [0.15, 0.2) is 24.3 Å². The van der Waals surface area contributed by atoms with Gasteiger partial charge < -0.3 is 10.2 Å². The highest BCUT2D eigenvalue weighted by Gasteiger charge is 2.36. The molecular weight excluding hydrogens is 350 g/mol. The zero-order chi connectivity index (χ0) is 20.1. The van der Waals surface area contributed by atoms with Gasteiger partial charge >= 0.3 is 0 Å². The fraction of sp³-hybridized carbons (Fsp3) is 0.652. The Labute approximate surface area is 169 Å². The van der Waals surface area contributed by atoms with Crippen molar-refractivity contribution in [3.63, 3.8) is 0 Å². The molecule has 5 nitrogen and oxygen atoms in total. The van der Waals surface area contributed by atoms with Gasteiger partial charge in [0.1, 0.15) is 0 Å². The molecule has 3 rings (SSSR count). The normalized spacial score (nSPS) is 23.4. The summed E-state index contributed by atoms with van der Waals surface area (Å²) in [6, 6.07) is 8.42. The number of hydrogen-bond donors (Lipinski definition) is 1. The first-order chi connectivity index (χ1) is 13.5. The third-order valence-electron chi connectivity index (χ3n) is 6.28. The topological polar surface area (TPSA) is 52.7 Å². The van der Waals surface area contributed by atoms with Gasteiger partial charge in [-0.15, -0.1) is 0 Å². The van der Waals surface area contributed by atoms with Crippen molar-refractivity contribution in [3.8, 4) is 0 Å². The molecule has 1 aromatic rings. The predicted octanol–water partition coefficient (Wildman–Crippen LogP) is 3.89. The van der Waals surface area contributed by atoms with E-state index in [0.717, 1.165) is 31.0 Å². The van der Waals surface area contributed by atoms with Crippen LogP contribution in [0.4, 0.5) is 5.69 Å². The average Bonchev–Trinajstić information content (AvgIpc) is 3.06. The Morgan fingerprint density at radius 3 is 2.54 bits per heavy atom. The zero-order valence-corrected chi connectivity index (χ0v) is 17.6. The van der Waals surface area contributed by atoms with Crippen molar-refractivity contribution in [1.29, 1.82) is 0 Å². The molecule has 0 aliphatic carbocycles. The Morgan fingerprint density at radius 1 is 1.18 bits per heavy atom. The number of hydrogen-bond acceptors (Lipinski definition) is 3.